The van der Waals surface area contributed by atoms with Gasteiger partial charge in [-0.2, -0.15) is 0 Å². The van der Waals surface area contributed by atoms with E-state index in [1.807, 2.05) is 11.3 Å². The van der Waals surface area contributed by atoms with E-state index in [9.17, 15) is 0 Å². The summed E-state index contributed by atoms with van der Waals surface area (Å²) >= 11 is 1.89. The Morgan fingerprint density at radius 1 is 1.33 bits per heavy atom. The van der Waals surface area contributed by atoms with Gasteiger partial charge in [0, 0.05) is 30.0 Å². The highest BCUT2D eigenvalue weighted by Gasteiger charge is 2.28. The van der Waals surface area contributed by atoms with Crippen LogP contribution in [-0.2, 0) is 11.2 Å². The zero-order valence-electron chi connectivity index (χ0n) is 14.1. The molecule has 4 heteroatoms. The van der Waals surface area contributed by atoms with E-state index in [0.29, 0.717) is 17.9 Å². The molecule has 0 radical (unpaired) electrons. The quantitative estimate of drug-likeness (QED) is 0.815. The predicted octanol–water partition coefficient (Wildman–Crippen LogP) is 4.29. The molecule has 1 aliphatic rings. The molecule has 1 aliphatic carbocycles. The molecular formula is C17H30N2OS. The molecule has 0 fully saturated rings. The topological polar surface area (TPSA) is 34.1 Å². The minimum atomic E-state index is 0.157. The van der Waals surface area contributed by atoms with E-state index in [1.165, 1.54) is 34.8 Å². The first-order valence-electron chi connectivity index (χ1n) is 8.37. The second kappa shape index (κ2) is 7.70. The van der Waals surface area contributed by atoms with Crippen LogP contribution in [0.4, 0.5) is 0 Å². The predicted molar refractivity (Wildman–Crippen MR) is 90.1 cm³/mol. The van der Waals surface area contributed by atoms with Crippen molar-refractivity contribution >= 4 is 11.3 Å². The molecule has 2 rings (SSSR count). The molecule has 0 aromatic carbocycles. The Morgan fingerprint density at radius 2 is 2.10 bits per heavy atom. The van der Waals surface area contributed by atoms with E-state index in [2.05, 4.69) is 39.9 Å². The van der Waals surface area contributed by atoms with Gasteiger partial charge >= 0.3 is 0 Å². The van der Waals surface area contributed by atoms with E-state index < -0.39 is 0 Å². The summed E-state index contributed by atoms with van der Waals surface area (Å²) in [5.41, 5.74) is 1.35. The summed E-state index contributed by atoms with van der Waals surface area (Å²) in [6.07, 6.45) is 3.91. The fraction of sp³-hybridized carbons (Fsp3) is 0.824. The summed E-state index contributed by atoms with van der Waals surface area (Å²) in [6.45, 7) is 12.7. The van der Waals surface area contributed by atoms with Gasteiger partial charge in [-0.15, -0.1) is 11.3 Å². The third kappa shape index (κ3) is 4.27. The number of rotatable bonds is 7. The van der Waals surface area contributed by atoms with Crippen molar-refractivity contribution in [1.29, 1.82) is 0 Å². The van der Waals surface area contributed by atoms with E-state index in [0.717, 1.165) is 13.2 Å². The maximum atomic E-state index is 5.93. The molecule has 0 saturated heterocycles. The Bertz CT molecular complexity index is 442. The summed E-state index contributed by atoms with van der Waals surface area (Å²) in [4.78, 5) is 6.50. The SMILES string of the molecule is CCOC(c1nc2c(s1)CCCC2CNC(C)C)C(C)C. The average molecular weight is 311 g/mol. The highest BCUT2D eigenvalue weighted by Crippen LogP contribution is 2.38. The lowest BCUT2D eigenvalue weighted by molar-refractivity contribution is 0.0291. The molecule has 0 saturated carbocycles. The van der Waals surface area contributed by atoms with Crippen LogP contribution in [0.2, 0.25) is 0 Å². The monoisotopic (exact) mass is 310 g/mol. The van der Waals surface area contributed by atoms with Gasteiger partial charge in [0.25, 0.3) is 0 Å². The van der Waals surface area contributed by atoms with E-state index in [1.54, 1.807) is 0 Å². The molecule has 0 amide bonds. The minimum absolute atomic E-state index is 0.157. The van der Waals surface area contributed by atoms with Crippen LogP contribution in [0, 0.1) is 5.92 Å². The first-order chi connectivity index (χ1) is 10.0. The van der Waals surface area contributed by atoms with Crippen molar-refractivity contribution < 1.29 is 4.74 Å². The summed E-state index contributed by atoms with van der Waals surface area (Å²) in [5.74, 6) is 1.06. The first kappa shape index (κ1) is 16.9. The summed E-state index contributed by atoms with van der Waals surface area (Å²) in [6, 6.07) is 0.542. The highest BCUT2D eigenvalue weighted by atomic mass is 32.1. The number of aryl methyl sites for hydroxylation is 1. The van der Waals surface area contributed by atoms with Crippen LogP contribution in [0.25, 0.3) is 0 Å². The van der Waals surface area contributed by atoms with Crippen LogP contribution in [0.15, 0.2) is 0 Å². The van der Waals surface area contributed by atoms with Gasteiger partial charge in [0.2, 0.25) is 0 Å². The lowest BCUT2D eigenvalue weighted by Gasteiger charge is -2.22. The van der Waals surface area contributed by atoms with Crippen LogP contribution in [0.3, 0.4) is 0 Å². The first-order valence-corrected chi connectivity index (χ1v) is 9.19. The van der Waals surface area contributed by atoms with Crippen LogP contribution < -0.4 is 5.32 Å². The smallest absolute Gasteiger partial charge is 0.122 e. The van der Waals surface area contributed by atoms with Gasteiger partial charge in [0.15, 0.2) is 0 Å². The Balaban J connectivity index is 2.17. The van der Waals surface area contributed by atoms with Crippen LogP contribution in [0.5, 0.6) is 0 Å². The molecule has 0 spiro atoms. The molecule has 2 atom stereocenters. The third-order valence-corrected chi connectivity index (χ3v) is 5.25. The van der Waals surface area contributed by atoms with Crippen molar-refractivity contribution in [3.05, 3.63) is 15.6 Å². The Morgan fingerprint density at radius 3 is 2.71 bits per heavy atom. The van der Waals surface area contributed by atoms with Crippen molar-refractivity contribution in [1.82, 2.24) is 10.3 Å². The number of thiazole rings is 1. The van der Waals surface area contributed by atoms with Gasteiger partial charge < -0.3 is 10.1 Å². The maximum absolute atomic E-state index is 5.93. The van der Waals surface area contributed by atoms with Crippen molar-refractivity contribution in [3.8, 4) is 0 Å². The summed E-state index contributed by atoms with van der Waals surface area (Å²) < 4.78 is 5.93. The maximum Gasteiger partial charge on any atom is 0.122 e. The average Bonchev–Trinajstić information content (AvgIpc) is 2.85. The lowest BCUT2D eigenvalue weighted by atomic mass is 9.91. The normalized spacial score (nSPS) is 20.0. The number of nitrogens with zero attached hydrogens (tertiary/aromatic N) is 1. The van der Waals surface area contributed by atoms with Crippen LogP contribution in [0.1, 0.15) is 75.1 Å². The minimum Gasteiger partial charge on any atom is -0.371 e. The molecule has 1 N–H and O–H groups in total. The molecule has 120 valence electrons. The standard InChI is InChI=1S/C17H30N2OS/c1-6-20-16(11(2)3)17-19-15-13(10-18-12(4)5)8-7-9-14(15)21-17/h11-13,16,18H,6-10H2,1-5H3. The number of fused-ring (bicyclic) bond motifs is 1. The number of hydrogen-bond donors (Lipinski definition) is 1. The van der Waals surface area contributed by atoms with Crippen molar-refractivity contribution in [2.24, 2.45) is 5.92 Å². The van der Waals surface area contributed by atoms with Crippen LogP contribution >= 0.6 is 11.3 Å². The number of aromatic nitrogens is 1. The van der Waals surface area contributed by atoms with Gasteiger partial charge in [-0.05, 0) is 32.1 Å². The molecular weight excluding hydrogens is 280 g/mol. The Labute approximate surface area is 133 Å². The zero-order valence-corrected chi connectivity index (χ0v) is 14.9. The van der Waals surface area contributed by atoms with Gasteiger partial charge in [-0.1, -0.05) is 27.7 Å². The molecule has 21 heavy (non-hydrogen) atoms. The fourth-order valence-corrected chi connectivity index (χ4v) is 4.37. The van der Waals surface area contributed by atoms with Crippen molar-refractivity contribution in [2.75, 3.05) is 13.2 Å². The van der Waals surface area contributed by atoms with Crippen molar-refractivity contribution in [3.63, 3.8) is 0 Å². The van der Waals surface area contributed by atoms with Crippen molar-refractivity contribution in [2.45, 2.75) is 71.9 Å². The van der Waals surface area contributed by atoms with E-state index in [-0.39, 0.29) is 6.10 Å². The van der Waals surface area contributed by atoms with E-state index in [4.69, 9.17) is 9.72 Å². The Hall–Kier alpha value is -0.450. The van der Waals surface area contributed by atoms with Gasteiger partial charge in [-0.3, -0.25) is 0 Å². The number of nitrogens with one attached hydrogen (secondary N) is 1. The van der Waals surface area contributed by atoms with Crippen LogP contribution in [-0.4, -0.2) is 24.2 Å². The molecule has 0 aliphatic heterocycles. The van der Waals surface area contributed by atoms with E-state index >= 15 is 0 Å². The molecule has 1 aromatic rings. The molecule has 0 bridgehead atoms. The number of ether oxygens (including phenoxy) is 1. The zero-order chi connectivity index (χ0) is 15.4. The highest BCUT2D eigenvalue weighted by molar-refractivity contribution is 7.11. The summed E-state index contributed by atoms with van der Waals surface area (Å²) in [5, 5.41) is 4.76. The number of hydrogen-bond acceptors (Lipinski definition) is 4. The largest absolute Gasteiger partial charge is 0.371 e. The lowest BCUT2D eigenvalue weighted by Crippen LogP contribution is -2.29. The molecule has 1 heterocycles. The second-order valence-electron chi connectivity index (χ2n) is 6.63. The fourth-order valence-electron chi connectivity index (χ4n) is 2.95. The molecule has 2 unspecified atom stereocenters. The van der Waals surface area contributed by atoms with Gasteiger partial charge in [0.05, 0.1) is 5.69 Å². The summed E-state index contributed by atoms with van der Waals surface area (Å²) in [7, 11) is 0. The third-order valence-electron chi connectivity index (χ3n) is 4.05. The van der Waals surface area contributed by atoms with Gasteiger partial charge in [-0.25, -0.2) is 4.98 Å². The second-order valence-corrected chi connectivity index (χ2v) is 7.75. The molecule has 3 nitrogen and oxygen atoms in total. The Kier molecular flexibility index (Phi) is 6.20. The van der Waals surface area contributed by atoms with Gasteiger partial charge in [0.1, 0.15) is 11.1 Å². The molecule has 1 aromatic heterocycles.